The van der Waals surface area contributed by atoms with E-state index in [0.717, 1.165) is 31.9 Å². The quantitative estimate of drug-likeness (QED) is 0.738. The van der Waals surface area contributed by atoms with E-state index in [9.17, 15) is 0 Å². The summed E-state index contributed by atoms with van der Waals surface area (Å²) in [5.41, 5.74) is 2.50. The van der Waals surface area contributed by atoms with Gasteiger partial charge >= 0.3 is 0 Å². The summed E-state index contributed by atoms with van der Waals surface area (Å²) in [7, 11) is 1.71. The Bertz CT molecular complexity index is 414. The molecule has 0 heterocycles. The van der Waals surface area contributed by atoms with E-state index in [4.69, 9.17) is 9.47 Å². The maximum absolute atomic E-state index is 5.93. The second kappa shape index (κ2) is 9.06. The Morgan fingerprint density at radius 3 is 2.71 bits per heavy atom. The smallest absolute Gasteiger partial charge is 0.121 e. The van der Waals surface area contributed by atoms with E-state index >= 15 is 0 Å². The van der Waals surface area contributed by atoms with Crippen LogP contribution in [0.4, 0.5) is 0 Å². The maximum atomic E-state index is 5.93. The van der Waals surface area contributed by atoms with Crippen LogP contribution in [0.2, 0.25) is 0 Å². The first-order valence-corrected chi connectivity index (χ1v) is 8.25. The first kappa shape index (κ1) is 16.3. The molecule has 3 nitrogen and oxygen atoms in total. The predicted molar refractivity (Wildman–Crippen MR) is 86.9 cm³/mol. The zero-order valence-electron chi connectivity index (χ0n) is 13.5. The third-order valence-electron chi connectivity index (χ3n) is 4.19. The molecule has 0 amide bonds. The molecule has 0 radical (unpaired) electrons. The zero-order valence-corrected chi connectivity index (χ0v) is 13.5. The maximum Gasteiger partial charge on any atom is 0.121 e. The van der Waals surface area contributed by atoms with Gasteiger partial charge in [-0.25, -0.2) is 0 Å². The fourth-order valence-corrected chi connectivity index (χ4v) is 2.96. The monoisotopic (exact) mass is 291 g/mol. The minimum absolute atomic E-state index is 0.531. The normalized spacial score (nSPS) is 16.1. The molecule has 1 aliphatic carbocycles. The van der Waals surface area contributed by atoms with Crippen molar-refractivity contribution in [1.29, 1.82) is 0 Å². The molecule has 0 aromatic heterocycles. The molecule has 3 heteroatoms. The van der Waals surface area contributed by atoms with E-state index < -0.39 is 0 Å². The number of benzene rings is 1. The predicted octanol–water partition coefficient (Wildman–Crippen LogP) is 3.83. The Morgan fingerprint density at radius 2 is 2.00 bits per heavy atom. The number of hydrogen-bond donors (Lipinski definition) is 1. The lowest BCUT2D eigenvalue weighted by Gasteiger charge is -2.21. The highest BCUT2D eigenvalue weighted by Gasteiger charge is 2.12. The topological polar surface area (TPSA) is 30.5 Å². The van der Waals surface area contributed by atoms with E-state index in [0.29, 0.717) is 6.10 Å². The average molecular weight is 291 g/mol. The van der Waals surface area contributed by atoms with Gasteiger partial charge in [0.15, 0.2) is 0 Å². The first-order chi connectivity index (χ1) is 10.3. The summed E-state index contributed by atoms with van der Waals surface area (Å²) in [4.78, 5) is 0. The molecule has 0 bridgehead atoms. The van der Waals surface area contributed by atoms with Gasteiger partial charge in [-0.2, -0.15) is 0 Å². The first-order valence-electron chi connectivity index (χ1n) is 8.25. The van der Waals surface area contributed by atoms with Crippen LogP contribution in [-0.2, 0) is 11.3 Å². The fraction of sp³-hybridized carbons (Fsp3) is 0.667. The van der Waals surface area contributed by atoms with Crippen LogP contribution < -0.4 is 10.1 Å². The van der Waals surface area contributed by atoms with E-state index in [1.54, 1.807) is 7.11 Å². The highest BCUT2D eigenvalue weighted by atomic mass is 16.5. The van der Waals surface area contributed by atoms with Gasteiger partial charge in [-0.1, -0.05) is 31.4 Å². The van der Waals surface area contributed by atoms with Crippen LogP contribution in [-0.4, -0.2) is 26.4 Å². The van der Waals surface area contributed by atoms with Crippen LogP contribution in [0.3, 0.4) is 0 Å². The lowest BCUT2D eigenvalue weighted by atomic mass is 9.98. The molecule has 0 saturated heterocycles. The van der Waals surface area contributed by atoms with Crippen molar-refractivity contribution in [2.45, 2.75) is 58.1 Å². The highest BCUT2D eigenvalue weighted by molar-refractivity contribution is 5.36. The number of ether oxygens (including phenoxy) is 2. The van der Waals surface area contributed by atoms with Crippen LogP contribution >= 0.6 is 0 Å². The summed E-state index contributed by atoms with van der Waals surface area (Å²) in [5, 5.41) is 3.48. The Kier molecular flexibility index (Phi) is 7.04. The second-order valence-electron chi connectivity index (χ2n) is 5.97. The van der Waals surface area contributed by atoms with Crippen molar-refractivity contribution in [2.24, 2.45) is 0 Å². The van der Waals surface area contributed by atoms with E-state index in [2.05, 4.69) is 24.4 Å². The van der Waals surface area contributed by atoms with Crippen LogP contribution in [0.5, 0.6) is 5.75 Å². The number of hydrogen-bond acceptors (Lipinski definition) is 3. The number of rotatable bonds is 8. The SMILES string of the molecule is COc1ccc(CNCCCOC2CCCCC2)cc1C. The molecule has 1 fully saturated rings. The molecular weight excluding hydrogens is 262 g/mol. The Hall–Kier alpha value is -1.06. The molecule has 118 valence electrons. The summed E-state index contributed by atoms with van der Waals surface area (Å²) in [6.45, 7) is 4.89. The van der Waals surface area contributed by atoms with Crippen molar-refractivity contribution < 1.29 is 9.47 Å². The van der Waals surface area contributed by atoms with Gasteiger partial charge in [0.2, 0.25) is 0 Å². The molecule has 1 aromatic rings. The molecule has 1 saturated carbocycles. The van der Waals surface area contributed by atoms with Gasteiger partial charge < -0.3 is 14.8 Å². The standard InChI is InChI=1S/C18H29NO2/c1-15-13-16(9-10-18(15)20-2)14-19-11-6-12-21-17-7-4-3-5-8-17/h9-10,13,17,19H,3-8,11-12,14H2,1-2H3. The minimum atomic E-state index is 0.531. The molecule has 1 aromatic carbocycles. The van der Waals surface area contributed by atoms with Crippen LogP contribution in [0.15, 0.2) is 18.2 Å². The van der Waals surface area contributed by atoms with Gasteiger partial charge in [-0.15, -0.1) is 0 Å². The van der Waals surface area contributed by atoms with Crippen molar-refractivity contribution in [3.05, 3.63) is 29.3 Å². The van der Waals surface area contributed by atoms with Gasteiger partial charge in [0, 0.05) is 13.2 Å². The van der Waals surface area contributed by atoms with Gasteiger partial charge in [0.1, 0.15) is 5.75 Å². The summed E-state index contributed by atoms with van der Waals surface area (Å²) >= 11 is 0. The molecule has 21 heavy (non-hydrogen) atoms. The number of methoxy groups -OCH3 is 1. The highest BCUT2D eigenvalue weighted by Crippen LogP contribution is 2.20. The van der Waals surface area contributed by atoms with Crippen molar-refractivity contribution in [3.8, 4) is 5.75 Å². The summed E-state index contributed by atoms with van der Waals surface area (Å²) in [6, 6.07) is 6.35. The van der Waals surface area contributed by atoms with Gasteiger partial charge in [-0.3, -0.25) is 0 Å². The molecule has 0 unspecified atom stereocenters. The number of aryl methyl sites for hydroxylation is 1. The van der Waals surface area contributed by atoms with Crippen LogP contribution in [0.25, 0.3) is 0 Å². The van der Waals surface area contributed by atoms with Crippen molar-refractivity contribution in [2.75, 3.05) is 20.3 Å². The minimum Gasteiger partial charge on any atom is -0.496 e. The Balaban J connectivity index is 1.56. The Labute approximate surface area is 129 Å². The third-order valence-corrected chi connectivity index (χ3v) is 4.19. The lowest BCUT2D eigenvalue weighted by molar-refractivity contribution is 0.0273. The molecule has 0 spiro atoms. The van der Waals surface area contributed by atoms with Crippen molar-refractivity contribution in [1.82, 2.24) is 5.32 Å². The third kappa shape index (κ3) is 5.68. The summed E-state index contributed by atoms with van der Waals surface area (Å²) in [6.07, 6.45) is 8.23. The number of nitrogens with one attached hydrogen (secondary N) is 1. The average Bonchev–Trinajstić information content (AvgIpc) is 2.52. The molecule has 2 rings (SSSR count). The van der Waals surface area contributed by atoms with Gasteiger partial charge in [0.05, 0.1) is 13.2 Å². The Morgan fingerprint density at radius 1 is 1.19 bits per heavy atom. The molecule has 0 atom stereocenters. The molecular formula is C18H29NO2. The lowest BCUT2D eigenvalue weighted by Crippen LogP contribution is -2.20. The molecule has 1 aliphatic rings. The van der Waals surface area contributed by atoms with Gasteiger partial charge in [0.25, 0.3) is 0 Å². The van der Waals surface area contributed by atoms with Crippen LogP contribution in [0, 0.1) is 6.92 Å². The zero-order chi connectivity index (χ0) is 14.9. The van der Waals surface area contributed by atoms with E-state index in [1.807, 2.05) is 6.07 Å². The van der Waals surface area contributed by atoms with E-state index in [1.165, 1.54) is 43.2 Å². The second-order valence-corrected chi connectivity index (χ2v) is 5.97. The molecule has 0 aliphatic heterocycles. The summed E-state index contributed by atoms with van der Waals surface area (Å²) in [5.74, 6) is 0.958. The largest absolute Gasteiger partial charge is 0.496 e. The van der Waals surface area contributed by atoms with Crippen molar-refractivity contribution >= 4 is 0 Å². The molecule has 1 N–H and O–H groups in total. The van der Waals surface area contributed by atoms with Crippen molar-refractivity contribution in [3.63, 3.8) is 0 Å². The fourth-order valence-electron chi connectivity index (χ4n) is 2.96. The summed E-state index contributed by atoms with van der Waals surface area (Å²) < 4.78 is 11.2. The van der Waals surface area contributed by atoms with E-state index in [-0.39, 0.29) is 0 Å². The van der Waals surface area contributed by atoms with Crippen LogP contribution in [0.1, 0.15) is 49.7 Å². The van der Waals surface area contributed by atoms with Gasteiger partial charge in [-0.05, 0) is 49.9 Å².